The Morgan fingerprint density at radius 2 is 2.12 bits per heavy atom. The second-order valence-electron chi connectivity index (χ2n) is 7.20. The van der Waals surface area contributed by atoms with Gasteiger partial charge in [-0.15, -0.1) is 6.42 Å². The first-order chi connectivity index (χ1) is 15.1. The van der Waals surface area contributed by atoms with E-state index in [2.05, 4.69) is 10.9 Å². The summed E-state index contributed by atoms with van der Waals surface area (Å²) in [7, 11) is 0. The Bertz CT molecular complexity index is 1140. The van der Waals surface area contributed by atoms with Gasteiger partial charge in [-0.05, 0) is 44.0 Å². The fourth-order valence-corrected chi connectivity index (χ4v) is 3.87. The fourth-order valence-electron chi connectivity index (χ4n) is 3.70. The predicted molar refractivity (Wildman–Crippen MR) is 112 cm³/mol. The molecular weight excluding hydrogens is 448 g/mol. The lowest BCUT2D eigenvalue weighted by Gasteiger charge is -2.31. The van der Waals surface area contributed by atoms with Crippen molar-refractivity contribution >= 4 is 29.0 Å². The van der Waals surface area contributed by atoms with Gasteiger partial charge in [0.15, 0.2) is 0 Å². The number of amides is 1. The van der Waals surface area contributed by atoms with Gasteiger partial charge in [0.05, 0.1) is 17.1 Å². The van der Waals surface area contributed by atoms with Crippen LogP contribution in [0.15, 0.2) is 24.3 Å². The number of hydrogen-bond donors (Lipinski definition) is 0. The van der Waals surface area contributed by atoms with Crippen LogP contribution in [0.4, 0.5) is 29.1 Å². The summed E-state index contributed by atoms with van der Waals surface area (Å²) in [6.45, 7) is 1.45. The van der Waals surface area contributed by atoms with Crippen LogP contribution in [0, 0.1) is 36.4 Å². The topological polar surface area (TPSA) is 60.2 Å². The van der Waals surface area contributed by atoms with E-state index < -0.39 is 35.1 Å². The predicted octanol–water partition coefficient (Wildman–Crippen LogP) is 4.71. The molecule has 1 saturated heterocycles. The average molecular weight is 465 g/mol. The molecule has 0 aliphatic carbocycles. The smallest absolute Gasteiger partial charge is 0.343 e. The molecule has 5 nitrogen and oxygen atoms in total. The van der Waals surface area contributed by atoms with E-state index in [-0.39, 0.29) is 35.3 Å². The molecule has 1 aromatic carbocycles. The third-order valence-corrected chi connectivity index (χ3v) is 5.38. The van der Waals surface area contributed by atoms with Gasteiger partial charge in [-0.2, -0.15) is 18.4 Å². The molecule has 0 N–H and O–H groups in total. The van der Waals surface area contributed by atoms with Gasteiger partial charge in [0.2, 0.25) is 0 Å². The molecule has 0 bridgehead atoms. The Morgan fingerprint density at radius 3 is 2.72 bits per heavy atom. The van der Waals surface area contributed by atoms with Crippen LogP contribution < -0.4 is 9.80 Å². The highest BCUT2D eigenvalue weighted by Crippen LogP contribution is 2.38. The van der Waals surface area contributed by atoms with Gasteiger partial charge in [0.25, 0.3) is 5.91 Å². The molecule has 0 radical (unpaired) electrons. The summed E-state index contributed by atoms with van der Waals surface area (Å²) < 4.78 is 54.1. The third-order valence-electron chi connectivity index (χ3n) is 5.09. The van der Waals surface area contributed by atoms with Crippen LogP contribution in [-0.4, -0.2) is 30.0 Å². The van der Waals surface area contributed by atoms with Crippen LogP contribution in [0.2, 0.25) is 5.02 Å². The number of hydrogen-bond acceptors (Lipinski definition) is 4. The second-order valence-corrected chi connectivity index (χ2v) is 7.60. The molecule has 166 valence electrons. The summed E-state index contributed by atoms with van der Waals surface area (Å²) in [6.07, 6.45) is 1.46. The SMILES string of the molecule is C#CCN(C(=O)C1CCCN1c1nc(C)cc(C(F)(F)F)c1C#N)c1ccc(F)c(Cl)c1. The molecule has 3 rings (SSSR count). The van der Waals surface area contributed by atoms with Gasteiger partial charge in [-0.25, -0.2) is 9.37 Å². The first-order valence-electron chi connectivity index (χ1n) is 9.54. The van der Waals surface area contributed by atoms with Gasteiger partial charge in [-0.3, -0.25) is 9.69 Å². The molecule has 1 aliphatic heterocycles. The number of aromatic nitrogens is 1. The number of carbonyl (C=O) groups excluding carboxylic acids is 1. The second kappa shape index (κ2) is 9.05. The molecule has 1 atom stereocenters. The zero-order chi connectivity index (χ0) is 23.6. The van der Waals surface area contributed by atoms with E-state index >= 15 is 0 Å². The summed E-state index contributed by atoms with van der Waals surface area (Å²) in [4.78, 5) is 20.2. The zero-order valence-corrected chi connectivity index (χ0v) is 17.6. The fraction of sp³-hybridized carbons (Fsp3) is 0.318. The van der Waals surface area contributed by atoms with E-state index in [9.17, 15) is 27.6 Å². The number of rotatable bonds is 4. The van der Waals surface area contributed by atoms with E-state index in [4.69, 9.17) is 18.0 Å². The quantitative estimate of drug-likeness (QED) is 0.486. The maximum absolute atomic E-state index is 13.6. The summed E-state index contributed by atoms with van der Waals surface area (Å²) >= 11 is 5.84. The number of aryl methyl sites for hydroxylation is 1. The van der Waals surface area contributed by atoms with E-state index in [0.29, 0.717) is 12.8 Å². The lowest BCUT2D eigenvalue weighted by atomic mass is 10.1. The standard InChI is InChI=1S/C22H17ClF4N4O/c1-3-8-30(14-6-7-18(24)17(23)11-14)21(32)19-5-4-9-31(19)20-15(12-28)16(22(25,26)27)10-13(2)29-20/h1,6-7,10-11,19H,4-5,8-9H2,2H3. The van der Waals surface area contributed by atoms with Crippen LogP contribution in [0.25, 0.3) is 0 Å². The molecule has 1 unspecified atom stereocenters. The normalized spacial score (nSPS) is 15.9. The van der Waals surface area contributed by atoms with Crippen molar-refractivity contribution < 1.29 is 22.4 Å². The van der Waals surface area contributed by atoms with Crippen molar-refractivity contribution in [1.82, 2.24) is 4.98 Å². The highest BCUT2D eigenvalue weighted by Gasteiger charge is 2.40. The molecule has 0 saturated carbocycles. The van der Waals surface area contributed by atoms with Crippen LogP contribution in [0.5, 0.6) is 0 Å². The Balaban J connectivity index is 2.05. The van der Waals surface area contributed by atoms with E-state index in [1.807, 2.05) is 0 Å². The number of halogens is 5. The van der Waals surface area contributed by atoms with E-state index in [0.717, 1.165) is 12.1 Å². The number of carbonyl (C=O) groups is 1. The molecule has 1 aromatic heterocycles. The Hall–Kier alpha value is -3.30. The summed E-state index contributed by atoms with van der Waals surface area (Å²) in [5, 5.41) is 9.27. The molecule has 2 aromatic rings. The number of nitriles is 1. The first kappa shape index (κ1) is 23.4. The van der Waals surface area contributed by atoms with Gasteiger partial charge in [0, 0.05) is 17.9 Å². The summed E-state index contributed by atoms with van der Waals surface area (Å²) in [5.74, 6) is 0.969. The number of anilines is 2. The Kier molecular flexibility index (Phi) is 6.61. The van der Waals surface area contributed by atoms with Crippen molar-refractivity contribution in [1.29, 1.82) is 5.26 Å². The number of pyridine rings is 1. The van der Waals surface area contributed by atoms with Gasteiger partial charge in [-0.1, -0.05) is 17.5 Å². The number of benzene rings is 1. The van der Waals surface area contributed by atoms with Crippen LogP contribution in [-0.2, 0) is 11.0 Å². The minimum atomic E-state index is -4.76. The maximum Gasteiger partial charge on any atom is 0.417 e. The lowest BCUT2D eigenvalue weighted by molar-refractivity contribution is -0.137. The van der Waals surface area contributed by atoms with Gasteiger partial charge in [0.1, 0.15) is 29.3 Å². The minimum Gasteiger partial charge on any atom is -0.343 e. The van der Waals surface area contributed by atoms with E-state index in [1.54, 1.807) is 6.07 Å². The van der Waals surface area contributed by atoms with Crippen molar-refractivity contribution in [2.24, 2.45) is 0 Å². The monoisotopic (exact) mass is 464 g/mol. The van der Waals surface area contributed by atoms with Crippen LogP contribution in [0.3, 0.4) is 0 Å². The highest BCUT2D eigenvalue weighted by atomic mass is 35.5. The van der Waals surface area contributed by atoms with Crippen molar-refractivity contribution in [3.8, 4) is 18.4 Å². The number of alkyl halides is 3. The van der Waals surface area contributed by atoms with E-state index in [1.165, 1.54) is 28.9 Å². The Morgan fingerprint density at radius 1 is 1.41 bits per heavy atom. The van der Waals surface area contributed by atoms with Crippen molar-refractivity contribution in [2.45, 2.75) is 32.0 Å². The molecule has 1 fully saturated rings. The average Bonchev–Trinajstić information content (AvgIpc) is 3.22. The molecule has 1 aliphatic rings. The summed E-state index contributed by atoms with van der Waals surface area (Å²) in [5.41, 5.74) is -1.43. The minimum absolute atomic E-state index is 0.0650. The van der Waals surface area contributed by atoms with Crippen molar-refractivity contribution in [2.75, 3.05) is 22.9 Å². The molecule has 0 spiro atoms. The van der Waals surface area contributed by atoms with Crippen molar-refractivity contribution in [3.63, 3.8) is 0 Å². The molecule has 10 heteroatoms. The Labute approximate surface area is 187 Å². The van der Waals surface area contributed by atoms with Gasteiger partial charge >= 0.3 is 6.18 Å². The van der Waals surface area contributed by atoms with Crippen LogP contribution >= 0.6 is 11.6 Å². The molecule has 2 heterocycles. The van der Waals surface area contributed by atoms with Crippen LogP contribution in [0.1, 0.15) is 29.7 Å². The van der Waals surface area contributed by atoms with Gasteiger partial charge < -0.3 is 4.90 Å². The highest BCUT2D eigenvalue weighted by molar-refractivity contribution is 6.31. The molecule has 32 heavy (non-hydrogen) atoms. The zero-order valence-electron chi connectivity index (χ0n) is 16.9. The summed E-state index contributed by atoms with van der Waals surface area (Å²) in [6, 6.07) is 5.17. The first-order valence-corrected chi connectivity index (χ1v) is 9.91. The maximum atomic E-state index is 13.6. The third kappa shape index (κ3) is 4.49. The number of nitrogens with zero attached hydrogens (tertiary/aromatic N) is 4. The van der Waals surface area contributed by atoms with Crippen molar-refractivity contribution in [3.05, 3.63) is 51.9 Å². The molecular formula is C22H17ClF4N4O. The number of terminal acetylenes is 1. The lowest BCUT2D eigenvalue weighted by Crippen LogP contribution is -2.47. The molecule has 1 amide bonds. The largest absolute Gasteiger partial charge is 0.417 e.